The number of hydrogen-bond donors (Lipinski definition) is 1. The zero-order valence-corrected chi connectivity index (χ0v) is 14.8. The Hall–Kier alpha value is -0.470. The van der Waals surface area contributed by atoms with Gasteiger partial charge < -0.3 is 14.6 Å². The first-order valence-corrected chi connectivity index (χ1v) is 8.19. The van der Waals surface area contributed by atoms with Gasteiger partial charge >= 0.3 is 0 Å². The van der Waals surface area contributed by atoms with Crippen molar-refractivity contribution < 1.29 is 9.26 Å². The standard InChI is InChI=1S/C13H16BrN3O2S.ClH/c1-18-8-13(2-4-15-5-3-13)12-16-11(17-19-12)10-6-9(14)7-20-10;/h6-7,15H,2-5,8H2,1H3;1H. The Morgan fingerprint density at radius 1 is 1.48 bits per heavy atom. The SMILES string of the molecule is COCC1(c2nc(-c3cc(Br)cs3)no2)CCNCC1.Cl. The van der Waals surface area contributed by atoms with Crippen LogP contribution in [0.25, 0.3) is 10.7 Å². The normalized spacial score (nSPS) is 17.4. The number of piperidine rings is 1. The molecule has 0 radical (unpaired) electrons. The molecular weight excluding hydrogens is 378 g/mol. The van der Waals surface area contributed by atoms with Gasteiger partial charge in [0.2, 0.25) is 11.7 Å². The first-order valence-electron chi connectivity index (χ1n) is 6.52. The average molecular weight is 395 g/mol. The fraction of sp³-hybridized carbons (Fsp3) is 0.538. The molecule has 3 heterocycles. The molecule has 0 unspecified atom stereocenters. The molecule has 5 nitrogen and oxygen atoms in total. The Bertz CT molecular complexity index is 578. The van der Waals surface area contributed by atoms with Crippen LogP contribution < -0.4 is 5.32 Å². The maximum atomic E-state index is 5.55. The second-order valence-electron chi connectivity index (χ2n) is 5.02. The number of nitrogens with zero attached hydrogens (tertiary/aromatic N) is 2. The van der Waals surface area contributed by atoms with E-state index in [1.807, 2.05) is 11.4 Å². The van der Waals surface area contributed by atoms with Crippen LogP contribution in [0.1, 0.15) is 18.7 Å². The van der Waals surface area contributed by atoms with Gasteiger partial charge in [-0.3, -0.25) is 0 Å². The molecule has 8 heteroatoms. The van der Waals surface area contributed by atoms with Crippen molar-refractivity contribution in [1.82, 2.24) is 15.5 Å². The lowest BCUT2D eigenvalue weighted by atomic mass is 9.79. The highest BCUT2D eigenvalue weighted by atomic mass is 79.9. The second kappa shape index (κ2) is 7.19. The Morgan fingerprint density at radius 2 is 2.24 bits per heavy atom. The van der Waals surface area contributed by atoms with Crippen molar-refractivity contribution >= 4 is 39.7 Å². The minimum atomic E-state index is -0.153. The summed E-state index contributed by atoms with van der Waals surface area (Å²) in [6.45, 7) is 2.52. The highest BCUT2D eigenvalue weighted by Crippen LogP contribution is 2.35. The van der Waals surface area contributed by atoms with Crippen LogP contribution in [0.2, 0.25) is 0 Å². The van der Waals surface area contributed by atoms with Crippen molar-refractivity contribution in [1.29, 1.82) is 0 Å². The summed E-state index contributed by atoms with van der Waals surface area (Å²) in [5, 5.41) is 9.50. The molecule has 1 fully saturated rings. The van der Waals surface area contributed by atoms with Gasteiger partial charge in [0.05, 0.1) is 16.9 Å². The lowest BCUT2D eigenvalue weighted by Gasteiger charge is -2.33. The number of nitrogens with one attached hydrogen (secondary N) is 1. The van der Waals surface area contributed by atoms with Gasteiger partial charge in [0.1, 0.15) is 0 Å². The third-order valence-electron chi connectivity index (χ3n) is 3.65. The average Bonchev–Trinajstić information content (AvgIpc) is 3.09. The smallest absolute Gasteiger partial charge is 0.235 e. The van der Waals surface area contributed by atoms with Crippen molar-refractivity contribution in [3.05, 3.63) is 21.8 Å². The summed E-state index contributed by atoms with van der Waals surface area (Å²) >= 11 is 5.04. The molecule has 0 bridgehead atoms. The van der Waals surface area contributed by atoms with E-state index < -0.39 is 0 Å². The number of aromatic nitrogens is 2. The maximum absolute atomic E-state index is 5.55. The van der Waals surface area contributed by atoms with Crippen LogP contribution in [0.4, 0.5) is 0 Å². The van der Waals surface area contributed by atoms with Gasteiger partial charge in [0.15, 0.2) is 0 Å². The first kappa shape index (κ1) is 16.9. The first-order chi connectivity index (χ1) is 9.73. The Labute approximate surface area is 142 Å². The van der Waals surface area contributed by atoms with Crippen molar-refractivity contribution in [2.24, 2.45) is 0 Å². The van der Waals surface area contributed by atoms with E-state index in [4.69, 9.17) is 9.26 Å². The van der Waals surface area contributed by atoms with Crippen molar-refractivity contribution in [2.75, 3.05) is 26.8 Å². The summed E-state index contributed by atoms with van der Waals surface area (Å²) in [5.41, 5.74) is -0.153. The summed E-state index contributed by atoms with van der Waals surface area (Å²) in [6.07, 6.45) is 1.91. The van der Waals surface area contributed by atoms with Gasteiger partial charge in [-0.1, -0.05) is 5.16 Å². The van der Waals surface area contributed by atoms with Crippen LogP contribution in [-0.4, -0.2) is 36.9 Å². The number of methoxy groups -OCH3 is 1. The van der Waals surface area contributed by atoms with Crippen LogP contribution >= 0.6 is 39.7 Å². The number of rotatable bonds is 4. The van der Waals surface area contributed by atoms with Crippen LogP contribution in [0.5, 0.6) is 0 Å². The molecule has 21 heavy (non-hydrogen) atoms. The molecule has 0 saturated carbocycles. The monoisotopic (exact) mass is 393 g/mol. The third-order valence-corrected chi connectivity index (χ3v) is 5.34. The number of hydrogen-bond acceptors (Lipinski definition) is 6. The quantitative estimate of drug-likeness (QED) is 0.862. The molecule has 3 rings (SSSR count). The molecule has 0 spiro atoms. The highest BCUT2D eigenvalue weighted by molar-refractivity contribution is 9.10. The van der Waals surface area contributed by atoms with Gasteiger partial charge in [0, 0.05) is 17.0 Å². The van der Waals surface area contributed by atoms with E-state index in [1.54, 1.807) is 18.4 Å². The van der Waals surface area contributed by atoms with Gasteiger partial charge in [-0.2, -0.15) is 4.98 Å². The van der Waals surface area contributed by atoms with Crippen LogP contribution in [0, 0.1) is 0 Å². The predicted octanol–water partition coefficient (Wildman–Crippen LogP) is 3.25. The van der Waals surface area contributed by atoms with Gasteiger partial charge in [-0.05, 0) is 47.9 Å². The molecule has 0 aliphatic carbocycles. The zero-order valence-electron chi connectivity index (χ0n) is 11.6. The van der Waals surface area contributed by atoms with Crippen molar-refractivity contribution in [3.8, 4) is 10.7 Å². The van der Waals surface area contributed by atoms with E-state index in [-0.39, 0.29) is 17.8 Å². The molecule has 2 aromatic heterocycles. The van der Waals surface area contributed by atoms with Gasteiger partial charge in [0.25, 0.3) is 0 Å². The molecule has 1 aliphatic rings. The summed E-state index contributed by atoms with van der Waals surface area (Å²) in [5.74, 6) is 1.35. The number of thiophene rings is 1. The Kier molecular flexibility index (Phi) is 5.79. The van der Waals surface area contributed by atoms with E-state index in [9.17, 15) is 0 Å². The molecule has 0 amide bonds. The van der Waals surface area contributed by atoms with E-state index >= 15 is 0 Å². The number of halogens is 2. The van der Waals surface area contributed by atoms with Gasteiger partial charge in [-0.25, -0.2) is 0 Å². The van der Waals surface area contributed by atoms with E-state index in [2.05, 4.69) is 31.4 Å². The lowest BCUT2D eigenvalue weighted by molar-refractivity contribution is 0.0850. The summed E-state index contributed by atoms with van der Waals surface area (Å²) in [4.78, 5) is 5.62. The molecule has 0 atom stereocenters. The second-order valence-corrected chi connectivity index (χ2v) is 6.84. The summed E-state index contributed by atoms with van der Waals surface area (Å²) in [7, 11) is 1.72. The van der Waals surface area contributed by atoms with Crippen molar-refractivity contribution in [3.63, 3.8) is 0 Å². The molecule has 1 N–H and O–H groups in total. The van der Waals surface area contributed by atoms with E-state index in [1.165, 1.54) is 0 Å². The lowest BCUT2D eigenvalue weighted by Crippen LogP contribution is -2.43. The number of ether oxygens (including phenoxy) is 1. The zero-order chi connectivity index (χ0) is 14.0. The van der Waals surface area contributed by atoms with Crippen molar-refractivity contribution in [2.45, 2.75) is 18.3 Å². The van der Waals surface area contributed by atoms with Crippen LogP contribution in [-0.2, 0) is 10.2 Å². The van der Waals surface area contributed by atoms with Gasteiger partial charge in [-0.15, -0.1) is 23.7 Å². The molecule has 1 aliphatic heterocycles. The van der Waals surface area contributed by atoms with E-state index in [0.717, 1.165) is 35.3 Å². The predicted molar refractivity (Wildman–Crippen MR) is 88.2 cm³/mol. The molecule has 1 saturated heterocycles. The largest absolute Gasteiger partial charge is 0.384 e. The highest BCUT2D eigenvalue weighted by Gasteiger charge is 2.39. The third kappa shape index (κ3) is 3.48. The molecular formula is C13H17BrClN3O2S. The maximum Gasteiger partial charge on any atom is 0.235 e. The summed E-state index contributed by atoms with van der Waals surface area (Å²) < 4.78 is 12.0. The topological polar surface area (TPSA) is 60.2 Å². The minimum Gasteiger partial charge on any atom is -0.384 e. The fourth-order valence-electron chi connectivity index (χ4n) is 2.57. The van der Waals surface area contributed by atoms with Crippen LogP contribution in [0.15, 0.2) is 20.4 Å². The van der Waals surface area contributed by atoms with E-state index in [0.29, 0.717) is 18.3 Å². The Balaban J connectivity index is 0.00000161. The molecule has 0 aromatic carbocycles. The summed E-state index contributed by atoms with van der Waals surface area (Å²) in [6, 6.07) is 2.00. The molecule has 116 valence electrons. The Morgan fingerprint density at radius 3 is 2.86 bits per heavy atom. The fourth-order valence-corrected chi connectivity index (χ4v) is 3.92. The molecule has 2 aromatic rings. The minimum absolute atomic E-state index is 0. The van der Waals surface area contributed by atoms with Crippen LogP contribution in [0.3, 0.4) is 0 Å².